The van der Waals surface area contributed by atoms with E-state index in [1.165, 1.54) is 24.8 Å². The van der Waals surface area contributed by atoms with Crippen molar-refractivity contribution in [3.8, 4) is 5.75 Å². The monoisotopic (exact) mass is 270 g/mol. The zero-order valence-corrected chi connectivity index (χ0v) is 11.2. The molecule has 1 fully saturated rings. The van der Waals surface area contributed by atoms with Crippen LogP contribution in [0, 0.1) is 0 Å². The summed E-state index contributed by atoms with van der Waals surface area (Å²) in [5, 5.41) is 11.6. The van der Waals surface area contributed by atoms with Gasteiger partial charge in [0.25, 0.3) is 0 Å². The SMILES string of the molecule is CC(Oc1ccccc1C1CCC1)/C(N)=N/O.Cl. The van der Waals surface area contributed by atoms with E-state index >= 15 is 0 Å². The molecule has 1 unspecified atom stereocenters. The molecule has 100 valence electrons. The maximum atomic E-state index is 8.60. The summed E-state index contributed by atoms with van der Waals surface area (Å²) in [6.07, 6.45) is 3.31. The van der Waals surface area contributed by atoms with Gasteiger partial charge in [-0.05, 0) is 37.3 Å². The molecule has 0 amide bonds. The highest BCUT2D eigenvalue weighted by Crippen LogP contribution is 2.40. The maximum Gasteiger partial charge on any atom is 0.180 e. The number of para-hydroxylation sites is 1. The van der Waals surface area contributed by atoms with Crippen molar-refractivity contribution in [1.82, 2.24) is 0 Å². The second-order valence-corrected chi connectivity index (χ2v) is 4.45. The first kappa shape index (κ1) is 14.6. The van der Waals surface area contributed by atoms with E-state index in [0.717, 1.165) is 5.75 Å². The van der Waals surface area contributed by atoms with Gasteiger partial charge in [0.1, 0.15) is 5.75 Å². The minimum absolute atomic E-state index is 0. The minimum Gasteiger partial charge on any atom is -0.482 e. The van der Waals surface area contributed by atoms with E-state index in [0.29, 0.717) is 5.92 Å². The number of benzene rings is 1. The van der Waals surface area contributed by atoms with Gasteiger partial charge in [0.2, 0.25) is 0 Å². The van der Waals surface area contributed by atoms with Crippen LogP contribution in [0.4, 0.5) is 0 Å². The van der Waals surface area contributed by atoms with E-state index in [4.69, 9.17) is 15.7 Å². The number of amidine groups is 1. The lowest BCUT2D eigenvalue weighted by Crippen LogP contribution is -2.31. The molecule has 5 heteroatoms. The van der Waals surface area contributed by atoms with Gasteiger partial charge in [0.15, 0.2) is 11.9 Å². The smallest absolute Gasteiger partial charge is 0.180 e. The van der Waals surface area contributed by atoms with Crippen molar-refractivity contribution in [3.05, 3.63) is 29.8 Å². The molecule has 1 aromatic carbocycles. The van der Waals surface area contributed by atoms with Crippen LogP contribution in [-0.4, -0.2) is 17.1 Å². The fourth-order valence-electron chi connectivity index (χ4n) is 1.98. The molecule has 0 spiro atoms. The fourth-order valence-corrected chi connectivity index (χ4v) is 1.98. The Bertz CT molecular complexity index is 419. The Morgan fingerprint density at radius 1 is 1.44 bits per heavy atom. The molecule has 0 heterocycles. The van der Waals surface area contributed by atoms with Crippen LogP contribution >= 0.6 is 12.4 Å². The summed E-state index contributed by atoms with van der Waals surface area (Å²) in [4.78, 5) is 0. The Labute approximate surface area is 113 Å². The van der Waals surface area contributed by atoms with E-state index in [1.54, 1.807) is 6.92 Å². The number of rotatable bonds is 4. The second kappa shape index (κ2) is 6.50. The van der Waals surface area contributed by atoms with E-state index in [9.17, 15) is 0 Å². The summed E-state index contributed by atoms with van der Waals surface area (Å²) >= 11 is 0. The summed E-state index contributed by atoms with van der Waals surface area (Å²) < 4.78 is 5.74. The van der Waals surface area contributed by atoms with E-state index in [-0.39, 0.29) is 18.2 Å². The van der Waals surface area contributed by atoms with E-state index in [2.05, 4.69) is 11.2 Å². The Morgan fingerprint density at radius 2 is 2.11 bits per heavy atom. The molecule has 0 aliphatic heterocycles. The average molecular weight is 271 g/mol. The molecule has 1 atom stereocenters. The normalized spacial score (nSPS) is 17.5. The quantitative estimate of drug-likeness (QED) is 0.383. The summed E-state index contributed by atoms with van der Waals surface area (Å²) in [6, 6.07) is 8.00. The number of oxime groups is 1. The second-order valence-electron chi connectivity index (χ2n) is 4.45. The van der Waals surface area contributed by atoms with Crippen LogP contribution in [0.15, 0.2) is 29.4 Å². The van der Waals surface area contributed by atoms with Crippen LogP contribution in [0.2, 0.25) is 0 Å². The van der Waals surface area contributed by atoms with Gasteiger partial charge in [-0.1, -0.05) is 29.8 Å². The Kier molecular flexibility index (Phi) is 5.28. The highest BCUT2D eigenvalue weighted by atomic mass is 35.5. The molecule has 1 aliphatic carbocycles. The zero-order valence-electron chi connectivity index (χ0n) is 10.4. The van der Waals surface area contributed by atoms with Crippen LogP contribution in [0.1, 0.15) is 37.7 Å². The Morgan fingerprint density at radius 3 is 2.67 bits per heavy atom. The number of ether oxygens (including phenoxy) is 1. The van der Waals surface area contributed by atoms with Gasteiger partial charge in [-0.2, -0.15) is 0 Å². The van der Waals surface area contributed by atoms with Crippen LogP contribution in [0.25, 0.3) is 0 Å². The number of halogens is 1. The van der Waals surface area contributed by atoms with Crippen LogP contribution in [0.5, 0.6) is 5.75 Å². The number of hydrogen-bond donors (Lipinski definition) is 2. The van der Waals surface area contributed by atoms with Crippen molar-refractivity contribution >= 4 is 18.2 Å². The van der Waals surface area contributed by atoms with Gasteiger partial charge in [-0.3, -0.25) is 0 Å². The largest absolute Gasteiger partial charge is 0.482 e. The molecule has 0 saturated heterocycles. The summed E-state index contributed by atoms with van der Waals surface area (Å²) in [5.41, 5.74) is 6.74. The number of nitrogens with two attached hydrogens (primary N) is 1. The van der Waals surface area contributed by atoms with Crippen molar-refractivity contribution in [2.24, 2.45) is 10.9 Å². The molecule has 1 aromatic rings. The molecular formula is C13H19ClN2O2. The lowest BCUT2D eigenvalue weighted by molar-refractivity contribution is 0.259. The third-order valence-electron chi connectivity index (χ3n) is 3.30. The van der Waals surface area contributed by atoms with E-state index < -0.39 is 6.10 Å². The molecule has 4 nitrogen and oxygen atoms in total. The molecule has 1 aliphatic rings. The first-order valence-electron chi connectivity index (χ1n) is 5.95. The topological polar surface area (TPSA) is 67.8 Å². The third kappa shape index (κ3) is 3.07. The van der Waals surface area contributed by atoms with Crippen molar-refractivity contribution in [2.45, 2.75) is 38.2 Å². The standard InChI is InChI=1S/C13H18N2O2.ClH/c1-9(13(14)15-16)17-12-8-3-2-7-11(12)10-5-4-6-10;/h2-3,7-10,16H,4-6H2,1H3,(H2,14,15);1H. The lowest BCUT2D eigenvalue weighted by atomic mass is 9.80. The van der Waals surface area contributed by atoms with Gasteiger partial charge in [0.05, 0.1) is 0 Å². The summed E-state index contributed by atoms with van der Waals surface area (Å²) in [5.74, 6) is 1.54. The first-order chi connectivity index (χ1) is 8.22. The molecule has 0 radical (unpaired) electrons. The number of hydrogen-bond acceptors (Lipinski definition) is 3. The molecule has 0 aromatic heterocycles. The third-order valence-corrected chi connectivity index (χ3v) is 3.30. The summed E-state index contributed by atoms with van der Waals surface area (Å²) in [6.45, 7) is 1.77. The Balaban J connectivity index is 0.00000162. The predicted octanol–water partition coefficient (Wildman–Crippen LogP) is 2.89. The Hall–Kier alpha value is -1.42. The zero-order chi connectivity index (χ0) is 12.3. The van der Waals surface area contributed by atoms with Crippen molar-refractivity contribution in [2.75, 3.05) is 0 Å². The van der Waals surface area contributed by atoms with Crippen molar-refractivity contribution in [1.29, 1.82) is 0 Å². The molecule has 18 heavy (non-hydrogen) atoms. The van der Waals surface area contributed by atoms with Crippen LogP contribution in [-0.2, 0) is 0 Å². The molecule has 3 N–H and O–H groups in total. The van der Waals surface area contributed by atoms with Gasteiger partial charge in [-0.25, -0.2) is 0 Å². The molecule has 0 bridgehead atoms. The van der Waals surface area contributed by atoms with Crippen molar-refractivity contribution in [3.63, 3.8) is 0 Å². The van der Waals surface area contributed by atoms with Gasteiger partial charge >= 0.3 is 0 Å². The fraction of sp³-hybridized carbons (Fsp3) is 0.462. The predicted molar refractivity (Wildman–Crippen MR) is 73.8 cm³/mol. The molecular weight excluding hydrogens is 252 g/mol. The highest BCUT2D eigenvalue weighted by Gasteiger charge is 2.23. The van der Waals surface area contributed by atoms with Gasteiger partial charge in [0, 0.05) is 0 Å². The molecule has 1 saturated carbocycles. The number of nitrogens with zero attached hydrogens (tertiary/aromatic N) is 1. The van der Waals surface area contributed by atoms with Crippen LogP contribution < -0.4 is 10.5 Å². The van der Waals surface area contributed by atoms with E-state index in [1.807, 2.05) is 18.2 Å². The first-order valence-corrected chi connectivity index (χ1v) is 5.95. The van der Waals surface area contributed by atoms with Gasteiger partial charge in [-0.15, -0.1) is 12.4 Å². The maximum absolute atomic E-state index is 8.60. The molecule has 2 rings (SSSR count). The minimum atomic E-state index is -0.416. The van der Waals surface area contributed by atoms with Crippen LogP contribution in [0.3, 0.4) is 0 Å². The van der Waals surface area contributed by atoms with Crippen molar-refractivity contribution < 1.29 is 9.94 Å². The highest BCUT2D eigenvalue weighted by molar-refractivity contribution is 5.85. The average Bonchev–Trinajstić information content (AvgIpc) is 2.28. The lowest BCUT2D eigenvalue weighted by Gasteiger charge is -2.28. The van der Waals surface area contributed by atoms with Gasteiger partial charge < -0.3 is 15.7 Å². The summed E-state index contributed by atoms with van der Waals surface area (Å²) in [7, 11) is 0.